The lowest BCUT2D eigenvalue weighted by Crippen LogP contribution is -2.62. The Morgan fingerprint density at radius 3 is 2.57 bits per heavy atom. The van der Waals surface area contributed by atoms with Gasteiger partial charge in [-0.3, -0.25) is 14.1 Å². The maximum Gasteiger partial charge on any atom is 0.248 e. The summed E-state index contributed by atoms with van der Waals surface area (Å²) in [6, 6.07) is 8.08. The number of nitrogens with zero attached hydrogens (tertiary/aromatic N) is 2. The molecule has 0 spiro atoms. The molecule has 3 aliphatic rings. The topological polar surface area (TPSA) is 101 Å². The van der Waals surface area contributed by atoms with Crippen LogP contribution in [0, 0.1) is 0 Å². The van der Waals surface area contributed by atoms with E-state index in [1.807, 2.05) is 12.3 Å². The second-order valence-corrected chi connectivity index (χ2v) is 11.1. The molecule has 0 bridgehead atoms. The first kappa shape index (κ1) is 22.4. The van der Waals surface area contributed by atoms with E-state index in [2.05, 4.69) is 30.2 Å². The van der Waals surface area contributed by atoms with E-state index >= 15 is 0 Å². The Kier molecular flexibility index (Phi) is 5.13. The number of amides is 1. The number of H-pyrrole nitrogens is 1. The number of primary amides is 1. The van der Waals surface area contributed by atoms with E-state index in [0.717, 1.165) is 71.5 Å². The van der Waals surface area contributed by atoms with Gasteiger partial charge in [0.25, 0.3) is 0 Å². The van der Waals surface area contributed by atoms with Gasteiger partial charge in [-0.25, -0.2) is 4.98 Å². The van der Waals surface area contributed by atoms with E-state index < -0.39 is 11.3 Å². The van der Waals surface area contributed by atoms with Gasteiger partial charge in [-0.1, -0.05) is 19.9 Å². The zero-order chi connectivity index (χ0) is 24.4. The van der Waals surface area contributed by atoms with Crippen LogP contribution in [0.3, 0.4) is 0 Å². The number of aromatic nitrogens is 2. The Morgan fingerprint density at radius 1 is 1.11 bits per heavy atom. The number of nitrogens with two attached hydrogens (primary N) is 1. The van der Waals surface area contributed by atoms with Gasteiger partial charge in [-0.2, -0.15) is 0 Å². The van der Waals surface area contributed by atoms with Crippen molar-refractivity contribution in [3.05, 3.63) is 58.4 Å². The van der Waals surface area contributed by atoms with Crippen LogP contribution in [0.2, 0.25) is 0 Å². The molecule has 6 rings (SSSR count). The molecule has 0 unspecified atom stereocenters. The highest BCUT2D eigenvalue weighted by molar-refractivity contribution is 6.20. The van der Waals surface area contributed by atoms with Crippen molar-refractivity contribution in [2.24, 2.45) is 5.73 Å². The standard InChI is InChI=1S/C28H33N5O2/c1-28(2)21-15-23(33(12-4-3-5-13-33)18-8-10-30-11-9-18)31-16-20(21)25(34)24-19-7-6-17(27(29)35)14-22(19)32-26(24)28/h6-7,14-16,18,30H,3-5,8-13H2,1-2H3,(H2-,29,32,34,35)/p+1. The Balaban J connectivity index is 1.50. The molecule has 182 valence electrons. The number of benzene rings is 1. The van der Waals surface area contributed by atoms with Crippen LogP contribution in [-0.4, -0.2) is 53.9 Å². The fraction of sp³-hybridized carbons (Fsp3) is 0.464. The number of quaternary nitrogens is 1. The molecular weight excluding hydrogens is 438 g/mol. The molecule has 2 saturated heterocycles. The largest absolute Gasteiger partial charge is 0.366 e. The average Bonchev–Trinajstić information content (AvgIpc) is 3.28. The number of rotatable bonds is 3. The third-order valence-electron chi connectivity index (χ3n) is 8.82. The molecule has 4 N–H and O–H groups in total. The van der Waals surface area contributed by atoms with Crippen LogP contribution < -0.4 is 15.5 Å². The first-order chi connectivity index (χ1) is 16.8. The fourth-order valence-corrected chi connectivity index (χ4v) is 6.87. The van der Waals surface area contributed by atoms with Crippen LogP contribution in [0.5, 0.6) is 0 Å². The number of carbonyl (C=O) groups excluding carboxylic acids is 2. The number of ketones is 1. The number of likely N-dealkylation sites (tertiary alicyclic amines) is 1. The van der Waals surface area contributed by atoms with Crippen LogP contribution in [0.1, 0.15) is 83.5 Å². The highest BCUT2D eigenvalue weighted by Gasteiger charge is 2.45. The highest BCUT2D eigenvalue weighted by Crippen LogP contribution is 2.45. The quantitative estimate of drug-likeness (QED) is 0.505. The SMILES string of the molecule is CC1(C)c2cc([N+]3(C4CCNCC4)CCCCC3)ncc2C(=O)c2c1[nH]c1cc(C(N)=O)ccc21. The molecule has 0 saturated carbocycles. The van der Waals surface area contributed by atoms with Crippen LogP contribution in [0.4, 0.5) is 5.82 Å². The van der Waals surface area contributed by atoms with Crippen molar-refractivity contribution < 1.29 is 9.59 Å². The Bertz CT molecular complexity index is 1340. The number of nitrogens with one attached hydrogen (secondary N) is 2. The average molecular weight is 473 g/mol. The van der Waals surface area contributed by atoms with Gasteiger partial charge >= 0.3 is 0 Å². The minimum atomic E-state index is -0.476. The van der Waals surface area contributed by atoms with Crippen LogP contribution >= 0.6 is 0 Å². The number of carbonyl (C=O) groups is 2. The summed E-state index contributed by atoms with van der Waals surface area (Å²) >= 11 is 0. The first-order valence-electron chi connectivity index (χ1n) is 12.9. The van der Waals surface area contributed by atoms with Gasteiger partial charge in [0.2, 0.25) is 11.7 Å². The summed E-state index contributed by atoms with van der Waals surface area (Å²) in [7, 11) is 0. The van der Waals surface area contributed by atoms with Crippen molar-refractivity contribution in [3.63, 3.8) is 0 Å². The third kappa shape index (κ3) is 3.28. The molecule has 1 amide bonds. The second-order valence-electron chi connectivity index (χ2n) is 11.1. The number of hydrogen-bond donors (Lipinski definition) is 3. The molecule has 2 aliphatic heterocycles. The number of pyridine rings is 1. The summed E-state index contributed by atoms with van der Waals surface area (Å²) in [6.45, 7) is 8.72. The van der Waals surface area contributed by atoms with Crippen molar-refractivity contribution in [1.29, 1.82) is 0 Å². The van der Waals surface area contributed by atoms with Gasteiger partial charge < -0.3 is 16.0 Å². The lowest BCUT2D eigenvalue weighted by Gasteiger charge is -2.47. The fourth-order valence-electron chi connectivity index (χ4n) is 6.87. The second kappa shape index (κ2) is 8.00. The van der Waals surface area contributed by atoms with Crippen LogP contribution in [0.15, 0.2) is 30.5 Å². The summed E-state index contributed by atoms with van der Waals surface area (Å²) in [4.78, 5) is 34.0. The molecule has 1 aliphatic carbocycles. The number of piperidine rings is 2. The predicted octanol–water partition coefficient (Wildman–Crippen LogP) is 3.78. The predicted molar refractivity (Wildman–Crippen MR) is 138 cm³/mol. The minimum absolute atomic E-state index is 0.00138. The molecule has 35 heavy (non-hydrogen) atoms. The van der Waals surface area contributed by atoms with Crippen molar-refractivity contribution >= 4 is 28.4 Å². The number of fused-ring (bicyclic) bond motifs is 4. The Labute approximate surface area is 205 Å². The Hall–Kier alpha value is -3.03. The Morgan fingerprint density at radius 2 is 1.86 bits per heavy atom. The normalized spacial score (nSPS) is 21.5. The van der Waals surface area contributed by atoms with Gasteiger partial charge in [-0.05, 0) is 37.0 Å². The van der Waals surface area contributed by atoms with Gasteiger partial charge in [0.1, 0.15) is 0 Å². The first-order valence-corrected chi connectivity index (χ1v) is 12.9. The molecular formula is C28H34N5O2+. The van der Waals surface area contributed by atoms with E-state index in [1.165, 1.54) is 19.3 Å². The monoisotopic (exact) mass is 472 g/mol. The van der Waals surface area contributed by atoms with E-state index in [0.29, 0.717) is 22.7 Å². The van der Waals surface area contributed by atoms with Crippen molar-refractivity contribution in [3.8, 4) is 0 Å². The molecule has 7 heteroatoms. The molecule has 7 nitrogen and oxygen atoms in total. The van der Waals surface area contributed by atoms with Crippen LogP contribution in [-0.2, 0) is 5.41 Å². The minimum Gasteiger partial charge on any atom is -0.366 e. The molecule has 2 fully saturated rings. The van der Waals surface area contributed by atoms with E-state index in [1.54, 1.807) is 12.1 Å². The highest BCUT2D eigenvalue weighted by atomic mass is 16.1. The molecule has 3 aromatic rings. The van der Waals surface area contributed by atoms with E-state index in [-0.39, 0.29) is 5.78 Å². The molecule has 4 heterocycles. The van der Waals surface area contributed by atoms with Crippen molar-refractivity contribution in [2.75, 3.05) is 26.2 Å². The third-order valence-corrected chi connectivity index (χ3v) is 8.82. The summed E-state index contributed by atoms with van der Waals surface area (Å²) in [6.07, 6.45) is 7.89. The summed E-state index contributed by atoms with van der Waals surface area (Å²) < 4.78 is 0.945. The summed E-state index contributed by atoms with van der Waals surface area (Å²) in [5.74, 6) is 0.640. The molecule has 1 aromatic carbocycles. The zero-order valence-electron chi connectivity index (χ0n) is 20.6. The number of aromatic amines is 1. The maximum atomic E-state index is 13.8. The summed E-state index contributed by atoms with van der Waals surface area (Å²) in [5, 5.41) is 4.34. The van der Waals surface area contributed by atoms with Gasteiger partial charge in [0.15, 0.2) is 5.78 Å². The van der Waals surface area contributed by atoms with Crippen molar-refractivity contribution in [1.82, 2.24) is 19.8 Å². The zero-order valence-corrected chi connectivity index (χ0v) is 20.6. The van der Waals surface area contributed by atoms with Gasteiger partial charge in [-0.15, -0.1) is 0 Å². The lowest BCUT2D eigenvalue weighted by molar-refractivity contribution is 0.0998. The van der Waals surface area contributed by atoms with Gasteiger partial charge in [0.05, 0.1) is 24.7 Å². The molecule has 0 radical (unpaired) electrons. The number of hydrogen-bond acceptors (Lipinski definition) is 4. The lowest BCUT2D eigenvalue weighted by atomic mass is 9.71. The van der Waals surface area contributed by atoms with Gasteiger partial charge in [0, 0.05) is 71.3 Å². The smallest absolute Gasteiger partial charge is 0.248 e. The van der Waals surface area contributed by atoms with E-state index in [4.69, 9.17) is 10.7 Å². The maximum absolute atomic E-state index is 13.8. The van der Waals surface area contributed by atoms with E-state index in [9.17, 15) is 9.59 Å². The summed E-state index contributed by atoms with van der Waals surface area (Å²) in [5.41, 5.74) is 9.61. The van der Waals surface area contributed by atoms with Crippen LogP contribution in [0.25, 0.3) is 10.9 Å². The molecule has 2 aromatic heterocycles. The molecule has 0 atom stereocenters. The van der Waals surface area contributed by atoms with Crippen molar-refractivity contribution in [2.45, 2.75) is 57.4 Å².